The zero-order valence-electron chi connectivity index (χ0n) is 9.16. The average Bonchev–Trinajstić information content (AvgIpc) is 1.99. The van der Waals surface area contributed by atoms with Gasteiger partial charge in [-0.1, -0.05) is 13.8 Å². The van der Waals surface area contributed by atoms with Gasteiger partial charge in [-0.25, -0.2) is 0 Å². The summed E-state index contributed by atoms with van der Waals surface area (Å²) in [6, 6.07) is -0.0759. The molecule has 0 aliphatic carbocycles. The standard InChI is InChI=1S/C10H20N2O2/c1-7(2)8(11)4-9(13)12-5-10(3,14)6-12/h7-8,14H,4-6,11H2,1-3H3. The van der Waals surface area contributed by atoms with Crippen molar-refractivity contribution in [3.05, 3.63) is 0 Å². The Kier molecular flexibility index (Phi) is 3.17. The van der Waals surface area contributed by atoms with Gasteiger partial charge in [0, 0.05) is 12.5 Å². The minimum Gasteiger partial charge on any atom is -0.386 e. The first-order chi connectivity index (χ1) is 6.32. The Labute approximate surface area is 85.1 Å². The molecule has 82 valence electrons. The summed E-state index contributed by atoms with van der Waals surface area (Å²) in [5, 5.41) is 9.45. The normalized spacial score (nSPS) is 22.0. The molecule has 0 spiro atoms. The number of hydrogen-bond donors (Lipinski definition) is 2. The van der Waals surface area contributed by atoms with Crippen molar-refractivity contribution in [3.63, 3.8) is 0 Å². The Bertz CT molecular complexity index is 218. The van der Waals surface area contributed by atoms with E-state index in [1.807, 2.05) is 13.8 Å². The first-order valence-corrected chi connectivity index (χ1v) is 5.07. The molecule has 0 bridgehead atoms. The number of hydrogen-bond acceptors (Lipinski definition) is 3. The Morgan fingerprint density at radius 3 is 2.43 bits per heavy atom. The quantitative estimate of drug-likeness (QED) is 0.671. The number of carbonyl (C=O) groups excluding carboxylic acids is 1. The average molecular weight is 200 g/mol. The predicted octanol–water partition coefficient (Wildman–Crippen LogP) is -0.0470. The van der Waals surface area contributed by atoms with Crippen molar-refractivity contribution >= 4 is 5.91 Å². The van der Waals surface area contributed by atoms with Gasteiger partial charge in [-0.05, 0) is 12.8 Å². The van der Waals surface area contributed by atoms with Crippen LogP contribution in [-0.4, -0.2) is 40.6 Å². The number of carbonyl (C=O) groups is 1. The summed E-state index contributed by atoms with van der Waals surface area (Å²) in [6.45, 7) is 6.63. The molecule has 1 amide bonds. The molecule has 1 rings (SSSR count). The van der Waals surface area contributed by atoms with Crippen LogP contribution in [0.5, 0.6) is 0 Å². The van der Waals surface area contributed by atoms with E-state index in [1.54, 1.807) is 11.8 Å². The Balaban J connectivity index is 2.31. The zero-order chi connectivity index (χ0) is 10.9. The monoisotopic (exact) mass is 200 g/mol. The van der Waals surface area contributed by atoms with Crippen LogP contribution in [0.2, 0.25) is 0 Å². The van der Waals surface area contributed by atoms with Gasteiger partial charge >= 0.3 is 0 Å². The lowest BCUT2D eigenvalue weighted by molar-refractivity contribution is -0.152. The Hall–Kier alpha value is -0.610. The maximum absolute atomic E-state index is 11.6. The SMILES string of the molecule is CC(C)C(N)CC(=O)N1CC(C)(O)C1. The molecular formula is C10H20N2O2. The van der Waals surface area contributed by atoms with E-state index in [-0.39, 0.29) is 11.9 Å². The fraction of sp³-hybridized carbons (Fsp3) is 0.900. The molecule has 1 aliphatic rings. The van der Waals surface area contributed by atoms with Crippen LogP contribution in [0.4, 0.5) is 0 Å². The predicted molar refractivity (Wildman–Crippen MR) is 54.6 cm³/mol. The van der Waals surface area contributed by atoms with Crippen LogP contribution >= 0.6 is 0 Å². The van der Waals surface area contributed by atoms with Crippen LogP contribution in [0.1, 0.15) is 27.2 Å². The Morgan fingerprint density at radius 2 is 2.07 bits per heavy atom. The molecular weight excluding hydrogens is 180 g/mol. The van der Waals surface area contributed by atoms with E-state index in [0.29, 0.717) is 25.4 Å². The smallest absolute Gasteiger partial charge is 0.224 e. The summed E-state index contributed by atoms with van der Waals surface area (Å²) in [5.74, 6) is 0.374. The fourth-order valence-electron chi connectivity index (χ4n) is 1.52. The van der Waals surface area contributed by atoms with Gasteiger partial charge in [0.2, 0.25) is 5.91 Å². The fourth-order valence-corrected chi connectivity index (χ4v) is 1.52. The molecule has 0 aromatic carbocycles. The minimum absolute atomic E-state index is 0.0534. The van der Waals surface area contributed by atoms with Gasteiger partial charge < -0.3 is 15.7 Å². The van der Waals surface area contributed by atoms with Gasteiger partial charge in [0.15, 0.2) is 0 Å². The summed E-state index contributed by atoms with van der Waals surface area (Å²) in [6.07, 6.45) is 0.383. The van der Waals surface area contributed by atoms with Gasteiger partial charge in [-0.15, -0.1) is 0 Å². The first kappa shape index (κ1) is 11.5. The second-order valence-corrected chi connectivity index (χ2v) is 4.86. The number of nitrogens with zero attached hydrogens (tertiary/aromatic N) is 1. The molecule has 3 N–H and O–H groups in total. The summed E-state index contributed by atoms with van der Waals surface area (Å²) < 4.78 is 0. The number of β-amino-alcohol motifs (C(OH)–C–C–N with tert-alkyl or cyclic N) is 1. The van der Waals surface area contributed by atoms with Crippen LogP contribution in [0.25, 0.3) is 0 Å². The summed E-state index contributed by atoms with van der Waals surface area (Å²) in [5.41, 5.74) is 5.11. The molecule has 14 heavy (non-hydrogen) atoms. The van der Waals surface area contributed by atoms with Gasteiger partial charge in [-0.3, -0.25) is 4.79 Å². The van der Waals surface area contributed by atoms with Crippen molar-refractivity contribution in [1.29, 1.82) is 0 Å². The molecule has 1 fully saturated rings. The van der Waals surface area contributed by atoms with Crippen molar-refractivity contribution in [2.24, 2.45) is 11.7 Å². The molecule has 1 unspecified atom stereocenters. The highest BCUT2D eigenvalue weighted by Crippen LogP contribution is 2.21. The maximum Gasteiger partial charge on any atom is 0.224 e. The third-order valence-electron chi connectivity index (χ3n) is 2.68. The molecule has 1 saturated heterocycles. The highest BCUT2D eigenvalue weighted by atomic mass is 16.3. The van der Waals surface area contributed by atoms with Crippen LogP contribution < -0.4 is 5.73 Å². The number of likely N-dealkylation sites (tertiary alicyclic amines) is 1. The van der Waals surface area contributed by atoms with E-state index in [9.17, 15) is 9.90 Å². The molecule has 1 aliphatic heterocycles. The topological polar surface area (TPSA) is 66.6 Å². The molecule has 0 radical (unpaired) electrons. The highest BCUT2D eigenvalue weighted by Gasteiger charge is 2.39. The highest BCUT2D eigenvalue weighted by molar-refractivity contribution is 5.78. The molecule has 0 saturated carbocycles. The number of aliphatic hydroxyl groups is 1. The number of amides is 1. The van der Waals surface area contributed by atoms with Crippen LogP contribution in [0.3, 0.4) is 0 Å². The second kappa shape index (κ2) is 3.87. The molecule has 4 heteroatoms. The van der Waals surface area contributed by atoms with Gasteiger partial charge in [0.05, 0.1) is 18.7 Å². The van der Waals surface area contributed by atoms with Gasteiger partial charge in [0.1, 0.15) is 0 Å². The zero-order valence-corrected chi connectivity index (χ0v) is 9.16. The third kappa shape index (κ3) is 2.69. The van der Waals surface area contributed by atoms with E-state index in [2.05, 4.69) is 0 Å². The third-order valence-corrected chi connectivity index (χ3v) is 2.68. The lowest BCUT2D eigenvalue weighted by Crippen LogP contribution is -2.62. The van der Waals surface area contributed by atoms with Crippen molar-refractivity contribution in [3.8, 4) is 0 Å². The largest absolute Gasteiger partial charge is 0.386 e. The first-order valence-electron chi connectivity index (χ1n) is 5.07. The summed E-state index contributed by atoms with van der Waals surface area (Å²) in [7, 11) is 0. The molecule has 0 aromatic heterocycles. The van der Waals surface area contributed by atoms with Gasteiger partial charge in [-0.2, -0.15) is 0 Å². The molecule has 1 heterocycles. The molecule has 1 atom stereocenters. The second-order valence-electron chi connectivity index (χ2n) is 4.86. The summed E-state index contributed by atoms with van der Waals surface area (Å²) in [4.78, 5) is 13.2. The molecule has 0 aromatic rings. The van der Waals surface area contributed by atoms with E-state index < -0.39 is 5.60 Å². The number of nitrogens with two attached hydrogens (primary N) is 1. The lowest BCUT2D eigenvalue weighted by Gasteiger charge is -2.44. The van der Waals surface area contributed by atoms with Crippen molar-refractivity contribution in [2.45, 2.75) is 38.8 Å². The number of rotatable bonds is 3. The van der Waals surface area contributed by atoms with E-state index in [0.717, 1.165) is 0 Å². The minimum atomic E-state index is -0.683. The van der Waals surface area contributed by atoms with Crippen molar-refractivity contribution in [2.75, 3.05) is 13.1 Å². The van der Waals surface area contributed by atoms with E-state index in [4.69, 9.17) is 5.73 Å². The van der Waals surface area contributed by atoms with Crippen molar-refractivity contribution in [1.82, 2.24) is 4.90 Å². The van der Waals surface area contributed by atoms with Crippen molar-refractivity contribution < 1.29 is 9.90 Å². The Morgan fingerprint density at radius 1 is 1.57 bits per heavy atom. The van der Waals surface area contributed by atoms with E-state index >= 15 is 0 Å². The maximum atomic E-state index is 11.6. The lowest BCUT2D eigenvalue weighted by atomic mass is 9.94. The van der Waals surface area contributed by atoms with Crippen LogP contribution in [0, 0.1) is 5.92 Å². The summed E-state index contributed by atoms with van der Waals surface area (Å²) >= 11 is 0. The van der Waals surface area contributed by atoms with Crippen LogP contribution in [-0.2, 0) is 4.79 Å². The van der Waals surface area contributed by atoms with Crippen LogP contribution in [0.15, 0.2) is 0 Å². The molecule has 4 nitrogen and oxygen atoms in total. The van der Waals surface area contributed by atoms with Gasteiger partial charge in [0.25, 0.3) is 0 Å². The van der Waals surface area contributed by atoms with E-state index in [1.165, 1.54) is 0 Å².